The largest absolute Gasteiger partial charge is 0.355 e. The molecule has 3 rings (SSSR count). The van der Waals surface area contributed by atoms with E-state index < -0.39 is 0 Å². The van der Waals surface area contributed by atoms with Crippen molar-refractivity contribution < 1.29 is 4.79 Å². The van der Waals surface area contributed by atoms with Crippen LogP contribution >= 0.6 is 11.8 Å². The SMILES string of the molecule is C[C@@H](CNC(=O)CSc1nccc2ccccc12)Cn1cccn1. The molecule has 0 saturated carbocycles. The number of fused-ring (bicyclic) bond motifs is 1. The quantitative estimate of drug-likeness (QED) is 0.672. The number of rotatable bonds is 7. The number of pyridine rings is 1. The standard InChI is InChI=1S/C18H20N4OS/c1-14(12-22-10-4-8-21-22)11-20-17(23)13-24-18-16-6-3-2-5-15(16)7-9-19-18/h2-10,14H,11-13H2,1H3,(H,20,23)/t14-/m0/s1. The van der Waals surface area contributed by atoms with Crippen LogP contribution in [0.5, 0.6) is 0 Å². The molecular formula is C18H20N4OS. The molecule has 1 N–H and O–H groups in total. The Labute approximate surface area is 145 Å². The van der Waals surface area contributed by atoms with E-state index in [4.69, 9.17) is 0 Å². The van der Waals surface area contributed by atoms with Gasteiger partial charge < -0.3 is 5.32 Å². The molecule has 2 aromatic heterocycles. The third-order valence-corrected chi connectivity index (χ3v) is 4.69. The molecule has 124 valence electrons. The van der Waals surface area contributed by atoms with Crippen LogP contribution in [0.4, 0.5) is 0 Å². The Morgan fingerprint density at radius 3 is 2.96 bits per heavy atom. The highest BCUT2D eigenvalue weighted by molar-refractivity contribution is 8.00. The first-order valence-electron chi connectivity index (χ1n) is 7.93. The molecule has 0 aliphatic heterocycles. The Morgan fingerprint density at radius 2 is 2.12 bits per heavy atom. The van der Waals surface area contributed by atoms with Crippen LogP contribution < -0.4 is 5.32 Å². The van der Waals surface area contributed by atoms with Gasteiger partial charge in [0.15, 0.2) is 0 Å². The molecule has 1 atom stereocenters. The molecule has 0 spiro atoms. The summed E-state index contributed by atoms with van der Waals surface area (Å²) in [4.78, 5) is 16.5. The van der Waals surface area contributed by atoms with E-state index in [0.29, 0.717) is 18.2 Å². The average Bonchev–Trinajstić information content (AvgIpc) is 3.11. The minimum Gasteiger partial charge on any atom is -0.355 e. The highest BCUT2D eigenvalue weighted by Gasteiger charge is 2.09. The van der Waals surface area contributed by atoms with Crippen LogP contribution in [0.1, 0.15) is 6.92 Å². The van der Waals surface area contributed by atoms with E-state index >= 15 is 0 Å². The van der Waals surface area contributed by atoms with Crippen LogP contribution in [-0.2, 0) is 11.3 Å². The second-order valence-corrected chi connectivity index (χ2v) is 6.73. The van der Waals surface area contributed by atoms with E-state index in [-0.39, 0.29) is 5.91 Å². The molecule has 1 amide bonds. The summed E-state index contributed by atoms with van der Waals surface area (Å²) in [6, 6.07) is 12.0. The smallest absolute Gasteiger partial charge is 0.230 e. The van der Waals surface area contributed by atoms with Gasteiger partial charge in [-0.15, -0.1) is 0 Å². The molecular weight excluding hydrogens is 320 g/mol. The number of amides is 1. The molecule has 5 nitrogen and oxygen atoms in total. The van der Waals surface area contributed by atoms with Crippen molar-refractivity contribution in [1.29, 1.82) is 0 Å². The summed E-state index contributed by atoms with van der Waals surface area (Å²) in [5, 5.41) is 10.3. The van der Waals surface area contributed by atoms with E-state index in [2.05, 4.69) is 28.4 Å². The number of benzene rings is 1. The van der Waals surface area contributed by atoms with E-state index in [1.807, 2.05) is 41.2 Å². The van der Waals surface area contributed by atoms with Crippen LogP contribution in [-0.4, -0.2) is 33.0 Å². The number of nitrogens with one attached hydrogen (secondary N) is 1. The molecule has 0 radical (unpaired) electrons. The lowest BCUT2D eigenvalue weighted by Crippen LogP contribution is -2.31. The molecule has 0 bridgehead atoms. The van der Waals surface area contributed by atoms with Crippen molar-refractivity contribution in [3.8, 4) is 0 Å². The van der Waals surface area contributed by atoms with E-state index in [9.17, 15) is 4.79 Å². The molecule has 0 unspecified atom stereocenters. The van der Waals surface area contributed by atoms with Crippen molar-refractivity contribution in [1.82, 2.24) is 20.1 Å². The summed E-state index contributed by atoms with van der Waals surface area (Å²) in [7, 11) is 0. The summed E-state index contributed by atoms with van der Waals surface area (Å²) in [5.41, 5.74) is 0. The molecule has 2 heterocycles. The van der Waals surface area contributed by atoms with Crippen molar-refractivity contribution in [2.75, 3.05) is 12.3 Å². The van der Waals surface area contributed by atoms with Gasteiger partial charge in [0.2, 0.25) is 5.91 Å². The maximum atomic E-state index is 12.1. The van der Waals surface area contributed by atoms with Gasteiger partial charge in [-0.25, -0.2) is 4.98 Å². The summed E-state index contributed by atoms with van der Waals surface area (Å²) in [6.45, 7) is 3.54. The van der Waals surface area contributed by atoms with E-state index in [1.165, 1.54) is 11.8 Å². The number of aromatic nitrogens is 3. The lowest BCUT2D eigenvalue weighted by Gasteiger charge is -2.12. The zero-order chi connectivity index (χ0) is 16.8. The molecule has 0 fully saturated rings. The normalized spacial score (nSPS) is 12.2. The number of carbonyl (C=O) groups excluding carboxylic acids is 1. The monoisotopic (exact) mass is 340 g/mol. The topological polar surface area (TPSA) is 59.8 Å². The van der Waals surface area contributed by atoms with Crippen molar-refractivity contribution >= 4 is 28.4 Å². The molecule has 1 aromatic carbocycles. The third-order valence-electron chi connectivity index (χ3n) is 3.68. The van der Waals surface area contributed by atoms with Crippen molar-refractivity contribution in [2.45, 2.75) is 18.5 Å². The summed E-state index contributed by atoms with van der Waals surface area (Å²) in [6.07, 6.45) is 5.48. The van der Waals surface area contributed by atoms with Crippen LogP contribution in [0.2, 0.25) is 0 Å². The van der Waals surface area contributed by atoms with Gasteiger partial charge in [0.25, 0.3) is 0 Å². The Hall–Kier alpha value is -2.34. The van der Waals surface area contributed by atoms with E-state index in [1.54, 1.807) is 12.4 Å². The van der Waals surface area contributed by atoms with Crippen LogP contribution in [0.15, 0.2) is 60.0 Å². The molecule has 0 aliphatic rings. The van der Waals surface area contributed by atoms with E-state index in [0.717, 1.165) is 22.3 Å². The van der Waals surface area contributed by atoms with Gasteiger partial charge in [0.1, 0.15) is 5.03 Å². The summed E-state index contributed by atoms with van der Waals surface area (Å²) < 4.78 is 1.88. The summed E-state index contributed by atoms with van der Waals surface area (Å²) in [5.74, 6) is 0.728. The maximum Gasteiger partial charge on any atom is 0.230 e. The third kappa shape index (κ3) is 4.35. The van der Waals surface area contributed by atoms with Crippen molar-refractivity contribution in [3.05, 3.63) is 55.0 Å². The average molecular weight is 340 g/mol. The van der Waals surface area contributed by atoms with Crippen molar-refractivity contribution in [3.63, 3.8) is 0 Å². The van der Waals surface area contributed by atoms with Gasteiger partial charge in [-0.05, 0) is 23.4 Å². The number of thioether (sulfide) groups is 1. The highest BCUT2D eigenvalue weighted by Crippen LogP contribution is 2.25. The number of nitrogens with zero attached hydrogens (tertiary/aromatic N) is 3. The Balaban J connectivity index is 1.48. The lowest BCUT2D eigenvalue weighted by atomic mass is 10.2. The molecule has 0 saturated heterocycles. The lowest BCUT2D eigenvalue weighted by molar-refractivity contribution is -0.118. The predicted octanol–water partition coefficient (Wildman–Crippen LogP) is 2.98. The number of hydrogen-bond acceptors (Lipinski definition) is 4. The summed E-state index contributed by atoms with van der Waals surface area (Å²) >= 11 is 1.47. The predicted molar refractivity (Wildman–Crippen MR) is 96.9 cm³/mol. The van der Waals surface area contributed by atoms with Crippen LogP contribution in [0, 0.1) is 5.92 Å². The minimum absolute atomic E-state index is 0.0297. The van der Waals surface area contributed by atoms with Gasteiger partial charge >= 0.3 is 0 Å². The van der Waals surface area contributed by atoms with Crippen molar-refractivity contribution in [2.24, 2.45) is 5.92 Å². The zero-order valence-corrected chi connectivity index (χ0v) is 14.4. The van der Waals surface area contributed by atoms with Gasteiger partial charge in [0.05, 0.1) is 5.75 Å². The second kappa shape index (κ2) is 7.97. The Kier molecular flexibility index (Phi) is 5.48. The fraction of sp³-hybridized carbons (Fsp3) is 0.278. The first-order chi connectivity index (χ1) is 11.7. The fourth-order valence-electron chi connectivity index (χ4n) is 2.47. The van der Waals surface area contributed by atoms with Gasteiger partial charge in [0, 0.05) is 37.1 Å². The molecule has 6 heteroatoms. The van der Waals surface area contributed by atoms with Gasteiger partial charge in [-0.2, -0.15) is 5.10 Å². The maximum absolute atomic E-state index is 12.1. The molecule has 24 heavy (non-hydrogen) atoms. The van der Waals surface area contributed by atoms with Crippen LogP contribution in [0.25, 0.3) is 10.8 Å². The molecule has 0 aliphatic carbocycles. The Morgan fingerprint density at radius 1 is 1.25 bits per heavy atom. The highest BCUT2D eigenvalue weighted by atomic mass is 32.2. The van der Waals surface area contributed by atoms with Gasteiger partial charge in [-0.1, -0.05) is 43.0 Å². The van der Waals surface area contributed by atoms with Gasteiger partial charge in [-0.3, -0.25) is 9.48 Å². The first kappa shape index (κ1) is 16.5. The second-order valence-electron chi connectivity index (χ2n) is 5.76. The molecule has 3 aromatic rings. The number of hydrogen-bond donors (Lipinski definition) is 1. The number of carbonyl (C=O) groups is 1. The fourth-order valence-corrected chi connectivity index (χ4v) is 3.32. The van der Waals surface area contributed by atoms with Crippen LogP contribution in [0.3, 0.4) is 0 Å². The minimum atomic E-state index is 0.0297. The zero-order valence-electron chi connectivity index (χ0n) is 13.6. The Bertz CT molecular complexity index is 798. The first-order valence-corrected chi connectivity index (χ1v) is 8.91.